The van der Waals surface area contributed by atoms with Crippen molar-refractivity contribution in [2.24, 2.45) is 16.7 Å². The molecule has 350 valence electrons. The van der Waals surface area contributed by atoms with Crippen molar-refractivity contribution < 1.29 is 33.1 Å². The largest absolute Gasteiger partial charge is 0.488 e. The first-order valence-corrected chi connectivity index (χ1v) is 23.3. The van der Waals surface area contributed by atoms with Gasteiger partial charge in [0.05, 0.1) is 27.9 Å². The molecule has 4 aromatic rings. The number of nitrogens with zero attached hydrogens (tertiary/aromatic N) is 7. The van der Waals surface area contributed by atoms with Crippen molar-refractivity contribution in [2.45, 2.75) is 77.6 Å². The standard InChI is InChI=1S/C51H58FN9O6/c1-50(2)48(51(3,4)49(50)67-41-15-10-32(26-53)43-36(41)8-7-19-54-43)56-44(63)31-9-13-39(38(52)24-31)58-20-17-30(18-21-58)27-59-22-23-60(29-34(59)28-57(5)6)33-11-12-35-37(25-33)47(66)61(46(35)65)40-14-16-42(62)55-45(40)64/h7-13,15,19,24-25,30,34,40,48-49H,14,16-18,20-23,27-29H2,1-6H3,(H,56,63)(H,55,62,64)/t34-,40?,48?,49?/m0/s1. The van der Waals surface area contributed by atoms with Crippen LogP contribution in [0.4, 0.5) is 15.8 Å². The Bertz CT molecular complexity index is 2690. The van der Waals surface area contributed by atoms with E-state index in [1.54, 1.807) is 42.6 Å². The third-order valence-corrected chi connectivity index (χ3v) is 14.8. The fourth-order valence-corrected chi connectivity index (χ4v) is 11.7. The number of amides is 5. The number of piperidine rings is 2. The van der Waals surface area contributed by atoms with Crippen LogP contribution in [0.15, 0.2) is 66.9 Å². The first-order valence-electron chi connectivity index (χ1n) is 23.3. The Kier molecular flexibility index (Phi) is 12.0. The summed E-state index contributed by atoms with van der Waals surface area (Å²) >= 11 is 0. The van der Waals surface area contributed by atoms with Crippen LogP contribution in [-0.2, 0) is 9.59 Å². The summed E-state index contributed by atoms with van der Waals surface area (Å²) in [5, 5.41) is 15.8. The van der Waals surface area contributed by atoms with Crippen LogP contribution in [0.3, 0.4) is 0 Å². The van der Waals surface area contributed by atoms with Crippen LogP contribution in [0, 0.1) is 33.9 Å². The number of piperazine rings is 1. The van der Waals surface area contributed by atoms with Crippen molar-refractivity contribution in [1.82, 2.24) is 30.3 Å². The van der Waals surface area contributed by atoms with E-state index in [2.05, 4.69) is 83.1 Å². The zero-order valence-electron chi connectivity index (χ0n) is 39.0. The Labute approximate surface area is 390 Å². The van der Waals surface area contributed by atoms with Gasteiger partial charge in [-0.05, 0) is 99.9 Å². The number of anilines is 2. The van der Waals surface area contributed by atoms with Gasteiger partial charge in [0, 0.05) is 98.0 Å². The number of nitriles is 1. The molecule has 1 saturated carbocycles. The Morgan fingerprint density at radius 1 is 0.925 bits per heavy atom. The average Bonchev–Trinajstić information content (AvgIpc) is 3.55. The lowest BCUT2D eigenvalue weighted by molar-refractivity contribution is -0.163. The van der Waals surface area contributed by atoms with Crippen molar-refractivity contribution in [1.29, 1.82) is 5.26 Å². The molecule has 1 unspecified atom stereocenters. The second-order valence-electron chi connectivity index (χ2n) is 20.3. The van der Waals surface area contributed by atoms with Gasteiger partial charge < -0.3 is 24.8 Å². The van der Waals surface area contributed by atoms with Gasteiger partial charge in [-0.25, -0.2) is 4.39 Å². The molecule has 0 radical (unpaired) electrons. The van der Waals surface area contributed by atoms with Crippen LogP contribution in [0.2, 0.25) is 0 Å². The number of hydrogen-bond acceptors (Lipinski definition) is 12. The SMILES string of the molecule is CN(C)C[C@H]1CN(c2ccc3c(c2)C(=O)N(C2CCC(=O)NC2=O)C3=O)CCN1CC1CCN(c2ccc(C(=O)NC3C(C)(C)C(Oc4ccc(C#N)c5ncccc45)C3(C)C)cc2F)CC1. The number of carbonyl (C=O) groups is 5. The summed E-state index contributed by atoms with van der Waals surface area (Å²) in [7, 11) is 4.12. The minimum atomic E-state index is -1.01. The maximum Gasteiger partial charge on any atom is 0.262 e. The van der Waals surface area contributed by atoms with Crippen molar-refractivity contribution in [3.8, 4) is 11.8 Å². The summed E-state index contributed by atoms with van der Waals surface area (Å²) in [5.74, 6) is -1.79. The zero-order valence-corrected chi connectivity index (χ0v) is 39.0. The van der Waals surface area contributed by atoms with Crippen LogP contribution in [0.25, 0.3) is 10.9 Å². The van der Waals surface area contributed by atoms with Gasteiger partial charge in [-0.1, -0.05) is 27.7 Å². The monoisotopic (exact) mass is 911 g/mol. The summed E-state index contributed by atoms with van der Waals surface area (Å²) < 4.78 is 22.6. The summed E-state index contributed by atoms with van der Waals surface area (Å²) in [6, 6.07) is 18.4. The number of pyridine rings is 1. The first kappa shape index (κ1) is 45.7. The quantitative estimate of drug-likeness (QED) is 0.188. The van der Waals surface area contributed by atoms with E-state index in [4.69, 9.17) is 4.74 Å². The number of hydrogen-bond donors (Lipinski definition) is 2. The third-order valence-electron chi connectivity index (χ3n) is 14.8. The minimum absolute atomic E-state index is 0.0681. The Morgan fingerprint density at radius 3 is 2.37 bits per heavy atom. The van der Waals surface area contributed by atoms with E-state index in [1.807, 2.05) is 18.2 Å². The number of fused-ring (bicyclic) bond motifs is 2. The molecule has 3 saturated heterocycles. The molecule has 9 rings (SSSR count). The second kappa shape index (κ2) is 17.7. The highest BCUT2D eigenvalue weighted by Gasteiger charge is 2.64. The number of imide groups is 2. The Hall–Kier alpha value is -6.44. The zero-order chi connectivity index (χ0) is 47.5. The molecule has 1 aliphatic carbocycles. The number of likely N-dealkylation sites (N-methyl/N-ethyl adjacent to an activating group) is 1. The van der Waals surface area contributed by atoms with Crippen molar-refractivity contribution >= 4 is 51.8 Å². The van der Waals surface area contributed by atoms with E-state index >= 15 is 4.39 Å². The molecule has 15 nitrogen and oxygen atoms in total. The van der Waals surface area contributed by atoms with E-state index in [9.17, 15) is 29.2 Å². The average molecular weight is 912 g/mol. The van der Waals surface area contributed by atoms with E-state index in [0.717, 1.165) is 61.5 Å². The molecule has 0 bridgehead atoms. The van der Waals surface area contributed by atoms with Crippen LogP contribution in [0.1, 0.15) is 90.0 Å². The number of ether oxygens (including phenoxy) is 1. The van der Waals surface area contributed by atoms with Gasteiger partial charge in [-0.3, -0.25) is 44.1 Å². The van der Waals surface area contributed by atoms with Crippen LogP contribution in [-0.4, -0.2) is 133 Å². The Balaban J connectivity index is 0.791. The lowest BCUT2D eigenvalue weighted by Crippen LogP contribution is -2.74. The molecular weight excluding hydrogens is 854 g/mol. The number of carbonyl (C=O) groups excluding carboxylic acids is 5. The van der Waals surface area contributed by atoms with Gasteiger partial charge in [0.2, 0.25) is 11.8 Å². The lowest BCUT2D eigenvalue weighted by Gasteiger charge is -2.63. The molecule has 1 aromatic heterocycles. The molecule has 5 aliphatic rings. The summed E-state index contributed by atoms with van der Waals surface area (Å²) in [6.07, 6.45) is 3.35. The molecule has 4 fully saturated rings. The molecule has 3 aromatic carbocycles. The van der Waals surface area contributed by atoms with Crippen LogP contribution in [0.5, 0.6) is 5.75 Å². The number of rotatable bonds is 11. The predicted octanol–water partition coefficient (Wildman–Crippen LogP) is 5.23. The van der Waals surface area contributed by atoms with E-state index in [1.165, 1.54) is 6.07 Å². The van der Waals surface area contributed by atoms with Gasteiger partial charge >= 0.3 is 0 Å². The molecule has 5 amide bonds. The maximum atomic E-state index is 15.9. The fourth-order valence-electron chi connectivity index (χ4n) is 11.7. The summed E-state index contributed by atoms with van der Waals surface area (Å²) in [4.78, 5) is 79.4. The van der Waals surface area contributed by atoms with Crippen molar-refractivity contribution in [3.05, 3.63) is 94.9 Å². The molecule has 0 spiro atoms. The van der Waals surface area contributed by atoms with Crippen molar-refractivity contribution in [3.63, 3.8) is 0 Å². The van der Waals surface area contributed by atoms with E-state index < -0.39 is 46.3 Å². The number of halogens is 1. The molecule has 67 heavy (non-hydrogen) atoms. The smallest absolute Gasteiger partial charge is 0.262 e. The third kappa shape index (κ3) is 8.37. The minimum Gasteiger partial charge on any atom is -0.488 e. The van der Waals surface area contributed by atoms with E-state index in [0.29, 0.717) is 41.5 Å². The van der Waals surface area contributed by atoms with Gasteiger partial charge in [0.25, 0.3) is 17.7 Å². The van der Waals surface area contributed by atoms with Gasteiger partial charge in [0.1, 0.15) is 29.8 Å². The van der Waals surface area contributed by atoms with Gasteiger partial charge in [-0.15, -0.1) is 0 Å². The number of benzene rings is 3. The second-order valence-corrected chi connectivity index (χ2v) is 20.3. The Morgan fingerprint density at radius 2 is 1.67 bits per heavy atom. The highest BCUT2D eigenvalue weighted by molar-refractivity contribution is 6.23. The first-order chi connectivity index (χ1) is 32.0. The molecule has 5 heterocycles. The predicted molar refractivity (Wildman–Crippen MR) is 250 cm³/mol. The van der Waals surface area contributed by atoms with E-state index in [-0.39, 0.29) is 53.6 Å². The number of nitrogens with one attached hydrogen (secondary N) is 2. The van der Waals surface area contributed by atoms with Gasteiger partial charge in [-0.2, -0.15) is 5.26 Å². The normalized spacial score (nSPS) is 24.1. The number of aromatic nitrogens is 1. The topological polar surface area (TPSA) is 172 Å². The molecular formula is C51H58FN9O6. The van der Waals surface area contributed by atoms with Crippen molar-refractivity contribution in [2.75, 3.05) is 69.7 Å². The molecule has 2 atom stereocenters. The van der Waals surface area contributed by atoms with Crippen LogP contribution < -0.4 is 25.2 Å². The molecule has 16 heteroatoms. The molecule has 2 N–H and O–H groups in total. The maximum absolute atomic E-state index is 15.9. The summed E-state index contributed by atoms with van der Waals surface area (Å²) in [5.41, 5.74) is 2.25. The molecule has 4 aliphatic heterocycles. The summed E-state index contributed by atoms with van der Waals surface area (Å²) in [6.45, 7) is 13.6. The highest BCUT2D eigenvalue weighted by atomic mass is 19.1. The fraction of sp³-hybridized carbons (Fsp3) is 0.471. The lowest BCUT2D eigenvalue weighted by atomic mass is 9.49. The van der Waals surface area contributed by atoms with Gasteiger partial charge in [0.15, 0.2) is 0 Å². The highest BCUT2D eigenvalue weighted by Crippen LogP contribution is 2.56. The van der Waals surface area contributed by atoms with Crippen LogP contribution >= 0.6 is 0 Å².